The number of hydrogen-bond acceptors (Lipinski definition) is 6. The highest BCUT2D eigenvalue weighted by atomic mass is 16.5. The molecule has 2 aromatic rings. The number of rotatable bonds is 9. The Kier molecular flexibility index (Phi) is 7.11. The van der Waals surface area contributed by atoms with Crippen LogP contribution in [0.1, 0.15) is 59.8 Å². The number of aromatic nitrogens is 3. The molecule has 7 heteroatoms. The zero-order valence-electron chi connectivity index (χ0n) is 18.2. The molecule has 1 aliphatic rings. The van der Waals surface area contributed by atoms with E-state index in [4.69, 9.17) is 14.2 Å². The third-order valence-corrected chi connectivity index (χ3v) is 5.20. The number of pyridine rings is 1. The second kappa shape index (κ2) is 9.57. The summed E-state index contributed by atoms with van der Waals surface area (Å²) in [7, 11) is 1.95. The molecule has 7 nitrogen and oxygen atoms in total. The molecule has 29 heavy (non-hydrogen) atoms. The van der Waals surface area contributed by atoms with Crippen LogP contribution in [0.5, 0.6) is 11.9 Å². The van der Waals surface area contributed by atoms with Crippen molar-refractivity contribution < 1.29 is 19.0 Å². The van der Waals surface area contributed by atoms with Crippen LogP contribution >= 0.6 is 0 Å². The van der Waals surface area contributed by atoms with Crippen molar-refractivity contribution in [2.45, 2.75) is 78.1 Å². The molecule has 2 aromatic heterocycles. The maximum Gasteiger partial charge on any atom is 0.297 e. The number of nitrogens with zero attached hydrogens (tertiary/aromatic N) is 3. The molecule has 0 saturated heterocycles. The lowest BCUT2D eigenvalue weighted by molar-refractivity contribution is -0.118. The van der Waals surface area contributed by atoms with E-state index in [9.17, 15) is 4.79 Å². The van der Waals surface area contributed by atoms with Crippen LogP contribution in [-0.4, -0.2) is 45.2 Å². The minimum atomic E-state index is 0.0757. The third-order valence-electron chi connectivity index (χ3n) is 5.20. The fourth-order valence-corrected chi connectivity index (χ4v) is 3.78. The first kappa shape index (κ1) is 21.6. The van der Waals surface area contributed by atoms with Gasteiger partial charge in [0.1, 0.15) is 17.4 Å². The Morgan fingerprint density at radius 2 is 1.90 bits per heavy atom. The highest BCUT2D eigenvalue weighted by Gasteiger charge is 2.25. The van der Waals surface area contributed by atoms with E-state index in [-0.39, 0.29) is 30.0 Å². The predicted octanol–water partition coefficient (Wildman–Crippen LogP) is 4.08. The van der Waals surface area contributed by atoms with E-state index < -0.39 is 0 Å². The number of hydrogen-bond donors (Lipinski definition) is 0. The summed E-state index contributed by atoms with van der Waals surface area (Å²) < 4.78 is 19.8. The average Bonchev–Trinajstić information content (AvgIpc) is 2.96. The molecule has 1 aliphatic carbocycles. The van der Waals surface area contributed by atoms with Crippen molar-refractivity contribution in [3.05, 3.63) is 12.3 Å². The van der Waals surface area contributed by atoms with Crippen LogP contribution < -0.4 is 9.47 Å². The van der Waals surface area contributed by atoms with Crippen molar-refractivity contribution in [3.63, 3.8) is 0 Å². The Morgan fingerprint density at radius 1 is 1.21 bits per heavy atom. The van der Waals surface area contributed by atoms with Crippen LogP contribution in [0.2, 0.25) is 0 Å². The Balaban J connectivity index is 1.53. The van der Waals surface area contributed by atoms with Gasteiger partial charge in [-0.05, 0) is 52.4 Å². The molecule has 160 valence electrons. The monoisotopic (exact) mass is 403 g/mol. The fourth-order valence-electron chi connectivity index (χ4n) is 3.78. The number of aryl methyl sites for hydroxylation is 1. The third kappa shape index (κ3) is 5.92. The maximum atomic E-state index is 11.2. The van der Waals surface area contributed by atoms with Crippen LogP contribution in [-0.2, 0) is 16.6 Å². The molecule has 0 radical (unpaired) electrons. The Bertz CT molecular complexity index is 825. The first-order valence-corrected chi connectivity index (χ1v) is 10.6. The van der Waals surface area contributed by atoms with Gasteiger partial charge in [-0.25, -0.2) is 4.98 Å². The number of fused-ring (bicyclic) bond motifs is 1. The van der Waals surface area contributed by atoms with Crippen LogP contribution in [0.15, 0.2) is 12.3 Å². The minimum Gasteiger partial charge on any atom is -0.475 e. The SMILES string of the molecule is CC(=O)C[C@@H](C)COC1CCC(Oc2nc3cnc(OC(C)C)cc3n2C)CC1. The van der Waals surface area contributed by atoms with Gasteiger partial charge in [0.15, 0.2) is 0 Å². The summed E-state index contributed by atoms with van der Waals surface area (Å²) in [6.45, 7) is 8.30. The van der Waals surface area contributed by atoms with Gasteiger partial charge in [0.25, 0.3) is 6.01 Å². The molecule has 0 amide bonds. The normalized spacial score (nSPS) is 20.8. The van der Waals surface area contributed by atoms with Crippen molar-refractivity contribution in [2.75, 3.05) is 6.61 Å². The molecule has 0 spiro atoms. The molecule has 0 N–H and O–H groups in total. The molecular formula is C22H33N3O4. The smallest absolute Gasteiger partial charge is 0.297 e. The summed E-state index contributed by atoms with van der Waals surface area (Å²) in [5.74, 6) is 1.09. The zero-order chi connectivity index (χ0) is 21.0. The Hall–Kier alpha value is -2.15. The van der Waals surface area contributed by atoms with Crippen LogP contribution in [0.4, 0.5) is 0 Å². The number of carbonyl (C=O) groups is 1. The summed E-state index contributed by atoms with van der Waals surface area (Å²) in [6.07, 6.45) is 6.60. The lowest BCUT2D eigenvalue weighted by Crippen LogP contribution is -2.30. The average molecular weight is 404 g/mol. The van der Waals surface area contributed by atoms with Crippen molar-refractivity contribution in [1.29, 1.82) is 0 Å². The van der Waals surface area contributed by atoms with E-state index in [0.717, 1.165) is 36.7 Å². The van der Waals surface area contributed by atoms with Crippen LogP contribution in [0.3, 0.4) is 0 Å². The van der Waals surface area contributed by atoms with Gasteiger partial charge in [0, 0.05) is 26.1 Å². The first-order valence-electron chi connectivity index (χ1n) is 10.6. The molecule has 0 aliphatic heterocycles. The summed E-state index contributed by atoms with van der Waals surface area (Å²) in [6, 6.07) is 2.52. The highest BCUT2D eigenvalue weighted by Crippen LogP contribution is 2.28. The standard InChI is InChI=1S/C22H33N3O4/c1-14(2)28-21-11-20-19(12-23-21)24-22(25(20)5)29-18-8-6-17(7-9-18)27-13-15(3)10-16(4)26/h11-12,14-15,17-18H,6-10,13H2,1-5H3/t15-,17?,18?/m1/s1. The quantitative estimate of drug-likeness (QED) is 0.628. The number of carbonyl (C=O) groups excluding carboxylic acids is 1. The van der Waals surface area contributed by atoms with Crippen LogP contribution in [0.25, 0.3) is 11.0 Å². The van der Waals surface area contributed by atoms with Gasteiger partial charge in [0.05, 0.1) is 23.9 Å². The fraction of sp³-hybridized carbons (Fsp3) is 0.682. The summed E-state index contributed by atoms with van der Waals surface area (Å²) in [5.41, 5.74) is 1.75. The second-order valence-electron chi connectivity index (χ2n) is 8.49. The number of ketones is 1. The van der Waals surface area contributed by atoms with Gasteiger partial charge in [-0.2, -0.15) is 4.98 Å². The predicted molar refractivity (Wildman–Crippen MR) is 111 cm³/mol. The molecule has 0 aromatic carbocycles. The van der Waals surface area contributed by atoms with Gasteiger partial charge in [-0.15, -0.1) is 0 Å². The molecule has 0 bridgehead atoms. The van der Waals surface area contributed by atoms with E-state index in [1.165, 1.54) is 0 Å². The van der Waals surface area contributed by atoms with Crippen LogP contribution in [0, 0.1) is 5.92 Å². The van der Waals surface area contributed by atoms with Crippen molar-refractivity contribution >= 4 is 16.8 Å². The Labute approximate surface area is 172 Å². The lowest BCUT2D eigenvalue weighted by Gasteiger charge is -2.29. The van der Waals surface area contributed by atoms with Gasteiger partial charge in [-0.3, -0.25) is 4.57 Å². The van der Waals surface area contributed by atoms with E-state index in [2.05, 4.69) is 16.9 Å². The first-order chi connectivity index (χ1) is 13.8. The zero-order valence-corrected chi connectivity index (χ0v) is 18.2. The number of ether oxygens (including phenoxy) is 3. The van der Waals surface area contributed by atoms with Gasteiger partial charge in [-0.1, -0.05) is 6.92 Å². The van der Waals surface area contributed by atoms with E-state index >= 15 is 0 Å². The van der Waals surface area contributed by atoms with Gasteiger partial charge >= 0.3 is 0 Å². The van der Waals surface area contributed by atoms with Gasteiger partial charge < -0.3 is 19.0 Å². The number of imidazole rings is 1. The van der Waals surface area contributed by atoms with Crippen molar-refractivity contribution in [3.8, 4) is 11.9 Å². The second-order valence-corrected chi connectivity index (χ2v) is 8.49. The molecule has 1 fully saturated rings. The molecule has 1 atom stereocenters. The van der Waals surface area contributed by atoms with Crippen molar-refractivity contribution in [1.82, 2.24) is 14.5 Å². The maximum absolute atomic E-state index is 11.2. The molecule has 2 heterocycles. The largest absolute Gasteiger partial charge is 0.475 e. The van der Waals surface area contributed by atoms with E-state index in [1.807, 2.05) is 31.5 Å². The van der Waals surface area contributed by atoms with E-state index in [1.54, 1.807) is 13.1 Å². The summed E-state index contributed by atoms with van der Waals surface area (Å²) >= 11 is 0. The summed E-state index contributed by atoms with van der Waals surface area (Å²) in [4.78, 5) is 20.1. The topological polar surface area (TPSA) is 75.5 Å². The van der Waals surface area contributed by atoms with Gasteiger partial charge in [0.2, 0.25) is 5.88 Å². The molecule has 3 rings (SSSR count). The number of Topliss-reactive ketones (excluding diaryl/α,β-unsaturated/α-hetero) is 1. The molecule has 1 saturated carbocycles. The van der Waals surface area contributed by atoms with Crippen molar-refractivity contribution in [2.24, 2.45) is 13.0 Å². The molecule has 0 unspecified atom stereocenters. The Morgan fingerprint density at radius 3 is 2.55 bits per heavy atom. The lowest BCUT2D eigenvalue weighted by atomic mass is 9.95. The highest BCUT2D eigenvalue weighted by molar-refractivity contribution is 5.76. The summed E-state index contributed by atoms with van der Waals surface area (Å²) in [5, 5.41) is 0. The van der Waals surface area contributed by atoms with E-state index in [0.29, 0.717) is 24.9 Å². The molecular weight excluding hydrogens is 370 g/mol. The minimum absolute atomic E-state index is 0.0757.